The van der Waals surface area contributed by atoms with E-state index in [4.69, 9.17) is 32.7 Å². The maximum absolute atomic E-state index is 13.3. The van der Waals surface area contributed by atoms with Gasteiger partial charge in [0.05, 0.1) is 57.9 Å². The lowest BCUT2D eigenvalue weighted by atomic mass is 9.79. The minimum atomic E-state index is -1.79. The highest BCUT2D eigenvalue weighted by Crippen LogP contribution is 2.80. The predicted octanol–water partition coefficient (Wildman–Crippen LogP) is 6.40. The summed E-state index contributed by atoms with van der Waals surface area (Å²) in [7, 11) is 1.48. The molecule has 0 bridgehead atoms. The van der Waals surface area contributed by atoms with Gasteiger partial charge in [-0.2, -0.15) is 5.26 Å². The molecule has 6 atom stereocenters. The molecule has 6 unspecified atom stereocenters. The van der Waals surface area contributed by atoms with Crippen LogP contribution in [0.3, 0.4) is 0 Å². The molecule has 1 saturated carbocycles. The molecule has 14 heteroatoms. The lowest BCUT2D eigenvalue weighted by molar-refractivity contribution is -0.180. The first-order valence-electron chi connectivity index (χ1n) is 18.8. The monoisotopic (exact) mass is 784 g/mol. The van der Waals surface area contributed by atoms with Crippen molar-refractivity contribution in [2.75, 3.05) is 34.0 Å². The van der Waals surface area contributed by atoms with E-state index in [-0.39, 0.29) is 44.2 Å². The number of rotatable bonds is 17. The molecule has 3 heterocycles. The van der Waals surface area contributed by atoms with Crippen LogP contribution in [-0.2, 0) is 28.9 Å². The second kappa shape index (κ2) is 15.9. The Morgan fingerprint density at radius 1 is 0.946 bits per heavy atom. The molecule has 0 radical (unpaired) electrons. The lowest BCUT2D eigenvalue weighted by Gasteiger charge is -2.40. The molecule has 3 aromatic carbocycles. The van der Waals surface area contributed by atoms with Crippen LogP contribution in [0.5, 0.6) is 11.5 Å². The van der Waals surface area contributed by atoms with E-state index >= 15 is 0 Å². The van der Waals surface area contributed by atoms with Crippen LogP contribution in [0, 0.1) is 29.6 Å². The van der Waals surface area contributed by atoms with Crippen molar-refractivity contribution in [3.05, 3.63) is 128 Å². The van der Waals surface area contributed by atoms with Gasteiger partial charge in [0, 0.05) is 23.8 Å². The number of fused-ring (bicyclic) bond motifs is 1. The van der Waals surface area contributed by atoms with Crippen molar-refractivity contribution in [1.82, 2.24) is 14.2 Å². The van der Waals surface area contributed by atoms with Crippen molar-refractivity contribution in [1.29, 1.82) is 5.26 Å². The van der Waals surface area contributed by atoms with Crippen molar-refractivity contribution >= 4 is 8.53 Å². The molecular formula is C42H49N4O9P. The number of nitrogens with one attached hydrogen (secondary N) is 1. The van der Waals surface area contributed by atoms with Gasteiger partial charge in [-0.3, -0.25) is 18.9 Å². The summed E-state index contributed by atoms with van der Waals surface area (Å²) in [6.07, 6.45) is 0.167. The number of methoxy groups -OCH3 is 2. The van der Waals surface area contributed by atoms with Gasteiger partial charge in [-0.25, -0.2) is 9.46 Å². The molecule has 1 N–H and O–H groups in total. The minimum absolute atomic E-state index is 0.0231. The lowest BCUT2D eigenvalue weighted by Crippen LogP contribution is -2.41. The average molecular weight is 785 g/mol. The van der Waals surface area contributed by atoms with E-state index in [0.29, 0.717) is 17.1 Å². The number of hydrogen-bond donors (Lipinski definition) is 1. The Hall–Kier alpha value is -4.38. The zero-order chi connectivity index (χ0) is 39.8. The molecule has 0 spiro atoms. The van der Waals surface area contributed by atoms with Crippen molar-refractivity contribution in [3.63, 3.8) is 0 Å². The highest BCUT2D eigenvalue weighted by Gasteiger charge is 2.91. The van der Waals surface area contributed by atoms with Crippen LogP contribution in [0.15, 0.2) is 94.6 Å². The van der Waals surface area contributed by atoms with E-state index in [1.807, 2.05) is 78.9 Å². The number of benzene rings is 3. The number of ether oxygens (including phenoxy) is 5. The van der Waals surface area contributed by atoms with Crippen LogP contribution in [0.2, 0.25) is 0 Å². The van der Waals surface area contributed by atoms with Crippen LogP contribution < -0.4 is 20.7 Å². The quantitative estimate of drug-likeness (QED) is 0.0721. The molecule has 1 aromatic heterocycles. The average Bonchev–Trinajstić information content (AvgIpc) is 3.39. The first-order valence-corrected chi connectivity index (χ1v) is 20.0. The highest BCUT2D eigenvalue weighted by molar-refractivity contribution is 7.44. The molecule has 2 saturated heterocycles. The Kier molecular flexibility index (Phi) is 11.3. The van der Waals surface area contributed by atoms with Gasteiger partial charge in [0.25, 0.3) is 14.1 Å². The molecule has 2 aliphatic heterocycles. The number of nitriles is 1. The Morgan fingerprint density at radius 3 is 2.09 bits per heavy atom. The van der Waals surface area contributed by atoms with Gasteiger partial charge < -0.3 is 28.2 Å². The van der Waals surface area contributed by atoms with Crippen LogP contribution in [-0.4, -0.2) is 72.2 Å². The summed E-state index contributed by atoms with van der Waals surface area (Å²) in [5.74, 6) is -0.286. The molecular weight excluding hydrogens is 735 g/mol. The van der Waals surface area contributed by atoms with Gasteiger partial charge in [-0.05, 0) is 75.6 Å². The van der Waals surface area contributed by atoms with Crippen LogP contribution >= 0.6 is 8.53 Å². The van der Waals surface area contributed by atoms with E-state index in [1.54, 1.807) is 21.1 Å². The van der Waals surface area contributed by atoms with Crippen molar-refractivity contribution < 1.29 is 32.7 Å². The van der Waals surface area contributed by atoms with Crippen molar-refractivity contribution in [2.24, 2.45) is 11.3 Å². The van der Waals surface area contributed by atoms with Crippen LogP contribution in [0.4, 0.5) is 0 Å². The highest BCUT2D eigenvalue weighted by atomic mass is 31.2. The summed E-state index contributed by atoms with van der Waals surface area (Å²) < 4.78 is 49.2. The van der Waals surface area contributed by atoms with Gasteiger partial charge in [0.1, 0.15) is 23.2 Å². The molecule has 56 heavy (non-hydrogen) atoms. The van der Waals surface area contributed by atoms with E-state index in [2.05, 4.69) is 43.4 Å². The molecule has 3 aliphatic rings. The first-order chi connectivity index (χ1) is 27.0. The SMILES string of the molecule is COc1ccc(C(OCC23COC4C(n5cc(C)c(=O)[nH]c5=O)OC2(OP(OCCC#N)N(C(C)C)C(C)C)C43)(c2ccccc2)c2ccc(OC)cc2)cc1. The minimum Gasteiger partial charge on any atom is -0.497 e. The number of nitrogens with zero attached hydrogens (tertiary/aromatic N) is 3. The fourth-order valence-electron chi connectivity index (χ4n) is 8.41. The normalized spacial score (nSPS) is 24.3. The first kappa shape index (κ1) is 39.8. The van der Waals surface area contributed by atoms with E-state index in [9.17, 15) is 14.9 Å². The van der Waals surface area contributed by atoms with E-state index in [1.165, 1.54) is 10.8 Å². The molecule has 296 valence electrons. The number of aromatic amines is 1. The second-order valence-corrected chi connectivity index (χ2v) is 16.4. The van der Waals surface area contributed by atoms with Gasteiger partial charge in [0.15, 0.2) is 12.0 Å². The molecule has 1 aliphatic carbocycles. The van der Waals surface area contributed by atoms with E-state index < -0.39 is 48.9 Å². The number of hydrogen-bond acceptors (Lipinski definition) is 11. The third-order valence-corrected chi connectivity index (χ3v) is 13.2. The number of H-pyrrole nitrogens is 1. The Labute approximate surface area is 328 Å². The van der Waals surface area contributed by atoms with Crippen molar-refractivity contribution in [3.8, 4) is 17.6 Å². The van der Waals surface area contributed by atoms with Crippen LogP contribution in [0.25, 0.3) is 0 Å². The summed E-state index contributed by atoms with van der Waals surface area (Å²) in [6, 6.07) is 27.9. The zero-order valence-corrected chi connectivity index (χ0v) is 33.7. The van der Waals surface area contributed by atoms with E-state index in [0.717, 1.165) is 16.7 Å². The third kappa shape index (κ3) is 6.67. The zero-order valence-electron chi connectivity index (χ0n) is 32.8. The molecule has 0 amide bonds. The Morgan fingerprint density at radius 2 is 1.54 bits per heavy atom. The summed E-state index contributed by atoms with van der Waals surface area (Å²) in [5.41, 5.74) is -0.0715. The summed E-state index contributed by atoms with van der Waals surface area (Å²) in [5, 5.41) is 9.42. The number of aromatic nitrogens is 2. The Balaban J connectivity index is 1.35. The maximum Gasteiger partial charge on any atom is 0.330 e. The summed E-state index contributed by atoms with van der Waals surface area (Å²) >= 11 is 0. The summed E-state index contributed by atoms with van der Waals surface area (Å²) in [6.45, 7) is 10.4. The van der Waals surface area contributed by atoms with Crippen molar-refractivity contribution in [2.45, 2.75) is 76.8 Å². The van der Waals surface area contributed by atoms with Crippen LogP contribution in [0.1, 0.15) is 62.6 Å². The standard InChI is InChI=1S/C42H49N4O9P/c1-27(2)46(28(3)4)56(53-23-11-22-43)55-42-36-35(38(54-42)45-24-29(5)37(47)44-39(45)48)51-25-40(36,42)26-52-41(30-12-9-8-10-13-30,31-14-18-33(49-6)19-15-31)32-16-20-34(50-7)21-17-32/h8-10,12-21,24,27-28,35-36,38H,11,23,25-26H2,1-7H3,(H,44,47,48). The van der Waals surface area contributed by atoms with Gasteiger partial charge in [0.2, 0.25) is 0 Å². The predicted molar refractivity (Wildman–Crippen MR) is 209 cm³/mol. The fraction of sp³-hybridized carbons (Fsp3) is 0.452. The van der Waals surface area contributed by atoms with Gasteiger partial charge in [-0.1, -0.05) is 54.6 Å². The molecule has 4 aromatic rings. The largest absolute Gasteiger partial charge is 0.497 e. The topological polar surface area (TPSA) is 147 Å². The second-order valence-electron chi connectivity index (χ2n) is 15.0. The maximum atomic E-state index is 13.3. The molecule has 7 rings (SSSR count). The molecule has 3 fully saturated rings. The Bertz CT molecular complexity index is 2100. The number of aryl methyl sites for hydroxylation is 1. The third-order valence-electron chi connectivity index (χ3n) is 11.1. The van der Waals surface area contributed by atoms with Gasteiger partial charge >= 0.3 is 5.69 Å². The smallest absolute Gasteiger partial charge is 0.330 e. The van der Waals surface area contributed by atoms with Gasteiger partial charge in [-0.15, -0.1) is 0 Å². The fourth-order valence-corrected chi connectivity index (χ4v) is 10.3. The summed E-state index contributed by atoms with van der Waals surface area (Å²) in [4.78, 5) is 28.1. The molecule has 13 nitrogen and oxygen atoms in total.